The normalized spacial score (nSPS) is 17.4. The Morgan fingerprint density at radius 1 is 1.40 bits per heavy atom. The van der Waals surface area contributed by atoms with Gasteiger partial charge in [-0.2, -0.15) is 10.1 Å². The van der Waals surface area contributed by atoms with E-state index in [0.29, 0.717) is 17.2 Å². The number of hydrogen-bond donors (Lipinski definition) is 1. The molecule has 0 saturated heterocycles. The molecule has 2 aromatic heterocycles. The number of carbonyl (C=O) groups excluding carboxylic acids is 1. The third kappa shape index (κ3) is 1.83. The Kier molecular flexibility index (Phi) is 2.94. The lowest BCUT2D eigenvalue weighted by molar-refractivity contribution is -0.136. The predicted octanol–water partition coefficient (Wildman–Crippen LogP) is 1.13. The van der Waals surface area contributed by atoms with Crippen LogP contribution in [0.2, 0.25) is 0 Å². The van der Waals surface area contributed by atoms with Gasteiger partial charge < -0.3 is 10.1 Å². The number of nitrogens with zero attached hydrogens (tertiary/aromatic N) is 4. The zero-order chi connectivity index (χ0) is 14.1. The summed E-state index contributed by atoms with van der Waals surface area (Å²) in [7, 11) is 1.36. The van der Waals surface area contributed by atoms with Gasteiger partial charge in [0.2, 0.25) is 5.95 Å². The fourth-order valence-corrected chi connectivity index (χ4v) is 2.32. The molecule has 0 unspecified atom stereocenters. The summed E-state index contributed by atoms with van der Waals surface area (Å²) in [6.07, 6.45) is 4.81. The third-order valence-corrected chi connectivity index (χ3v) is 3.22. The summed E-state index contributed by atoms with van der Waals surface area (Å²) in [4.78, 5) is 20.2. The molecule has 0 fully saturated rings. The van der Waals surface area contributed by atoms with Crippen LogP contribution < -0.4 is 5.32 Å². The zero-order valence-corrected chi connectivity index (χ0v) is 11.1. The van der Waals surface area contributed by atoms with Crippen LogP contribution in [0.5, 0.6) is 0 Å². The summed E-state index contributed by atoms with van der Waals surface area (Å²) in [6, 6.07) is 3.32. The molecule has 0 bridgehead atoms. The van der Waals surface area contributed by atoms with Crippen molar-refractivity contribution >= 4 is 11.9 Å². The predicted molar refractivity (Wildman–Crippen MR) is 70.7 cm³/mol. The van der Waals surface area contributed by atoms with Crippen LogP contribution in [0.4, 0.5) is 5.95 Å². The monoisotopic (exact) mass is 271 g/mol. The Morgan fingerprint density at radius 3 is 2.85 bits per heavy atom. The lowest BCUT2D eigenvalue weighted by Crippen LogP contribution is -2.29. The van der Waals surface area contributed by atoms with Crippen molar-refractivity contribution in [2.45, 2.75) is 13.0 Å². The molecule has 102 valence electrons. The minimum absolute atomic E-state index is 0.371. The summed E-state index contributed by atoms with van der Waals surface area (Å²) in [5.41, 5.74) is 2.11. The molecule has 0 saturated carbocycles. The molecule has 0 radical (unpaired) electrons. The van der Waals surface area contributed by atoms with Crippen LogP contribution in [0.15, 0.2) is 42.1 Å². The van der Waals surface area contributed by atoms with Crippen molar-refractivity contribution in [3.63, 3.8) is 0 Å². The van der Waals surface area contributed by atoms with Gasteiger partial charge in [-0.15, -0.1) is 0 Å². The minimum atomic E-state index is -0.391. The number of anilines is 1. The fraction of sp³-hybridized carbons (Fsp3) is 0.231. The average Bonchev–Trinajstić information content (AvgIpc) is 2.93. The van der Waals surface area contributed by atoms with Crippen LogP contribution in [0.1, 0.15) is 18.5 Å². The largest absolute Gasteiger partial charge is 0.466 e. The summed E-state index contributed by atoms with van der Waals surface area (Å²) in [6.45, 7) is 1.82. The van der Waals surface area contributed by atoms with Gasteiger partial charge in [0.15, 0.2) is 0 Å². The van der Waals surface area contributed by atoms with Gasteiger partial charge in [-0.25, -0.2) is 9.48 Å². The SMILES string of the molecule is COC(=O)C1=C(C)Nc2ncnn2[C@H]1c1ccncc1. The van der Waals surface area contributed by atoms with E-state index in [-0.39, 0.29) is 6.04 Å². The molecule has 20 heavy (non-hydrogen) atoms. The van der Waals surface area contributed by atoms with E-state index in [1.807, 2.05) is 19.1 Å². The van der Waals surface area contributed by atoms with Crippen molar-refractivity contribution in [2.75, 3.05) is 12.4 Å². The van der Waals surface area contributed by atoms with Gasteiger partial charge in [0, 0.05) is 18.1 Å². The van der Waals surface area contributed by atoms with Crippen LogP contribution in [-0.4, -0.2) is 32.8 Å². The number of pyridine rings is 1. The number of hydrogen-bond acceptors (Lipinski definition) is 6. The second kappa shape index (κ2) is 4.76. The molecule has 2 aromatic rings. The van der Waals surface area contributed by atoms with Crippen LogP contribution >= 0.6 is 0 Å². The number of esters is 1. The van der Waals surface area contributed by atoms with Crippen LogP contribution in [0.3, 0.4) is 0 Å². The quantitative estimate of drug-likeness (QED) is 0.825. The average molecular weight is 271 g/mol. The number of ether oxygens (including phenoxy) is 1. The number of allylic oxidation sites excluding steroid dienone is 1. The van der Waals surface area contributed by atoms with Gasteiger partial charge in [0.05, 0.1) is 12.7 Å². The topological polar surface area (TPSA) is 81.9 Å². The molecule has 1 N–H and O–H groups in total. The maximum absolute atomic E-state index is 12.1. The fourth-order valence-electron chi connectivity index (χ4n) is 2.32. The Bertz CT molecular complexity index is 677. The minimum Gasteiger partial charge on any atom is -0.466 e. The summed E-state index contributed by atoms with van der Waals surface area (Å²) in [5, 5.41) is 7.25. The Morgan fingerprint density at radius 2 is 2.15 bits per heavy atom. The number of methoxy groups -OCH3 is 1. The molecule has 0 aromatic carbocycles. The van der Waals surface area contributed by atoms with Gasteiger partial charge in [-0.05, 0) is 24.6 Å². The van der Waals surface area contributed by atoms with E-state index >= 15 is 0 Å². The van der Waals surface area contributed by atoms with Crippen LogP contribution in [0.25, 0.3) is 0 Å². The van der Waals surface area contributed by atoms with E-state index in [1.165, 1.54) is 13.4 Å². The van der Waals surface area contributed by atoms with Crippen LogP contribution in [-0.2, 0) is 9.53 Å². The molecule has 1 aliphatic rings. The van der Waals surface area contributed by atoms with E-state index in [4.69, 9.17) is 4.74 Å². The second-order valence-corrected chi connectivity index (χ2v) is 4.37. The molecule has 7 heteroatoms. The molecule has 1 atom stereocenters. The maximum atomic E-state index is 12.1. The number of carbonyl (C=O) groups is 1. The van der Waals surface area contributed by atoms with Crippen LogP contribution in [0, 0.1) is 0 Å². The third-order valence-electron chi connectivity index (χ3n) is 3.22. The molecule has 3 heterocycles. The molecule has 0 amide bonds. The van der Waals surface area contributed by atoms with Gasteiger partial charge >= 0.3 is 5.97 Å². The Balaban J connectivity index is 2.19. The highest BCUT2D eigenvalue weighted by Crippen LogP contribution is 2.34. The standard InChI is InChI=1S/C13H13N5O2/c1-8-10(12(19)20-2)11(9-3-5-14-6-4-9)18-13(17-8)15-7-16-18/h3-7,11H,1-2H3,(H,15,16,17)/t11-/m0/s1. The molecule has 0 aliphatic carbocycles. The van der Waals surface area contributed by atoms with Crippen molar-refractivity contribution in [3.8, 4) is 0 Å². The Labute approximate surface area is 115 Å². The van der Waals surface area contributed by atoms with E-state index in [2.05, 4.69) is 20.4 Å². The second-order valence-electron chi connectivity index (χ2n) is 4.37. The van der Waals surface area contributed by atoms with Crippen molar-refractivity contribution in [3.05, 3.63) is 47.7 Å². The van der Waals surface area contributed by atoms with Crippen molar-refractivity contribution in [2.24, 2.45) is 0 Å². The number of rotatable bonds is 2. The number of fused-ring (bicyclic) bond motifs is 1. The highest BCUT2D eigenvalue weighted by molar-refractivity contribution is 5.92. The van der Waals surface area contributed by atoms with Crippen molar-refractivity contribution < 1.29 is 9.53 Å². The number of nitrogens with one attached hydrogen (secondary N) is 1. The number of aromatic nitrogens is 4. The zero-order valence-electron chi connectivity index (χ0n) is 11.1. The molecule has 3 rings (SSSR count). The highest BCUT2D eigenvalue weighted by atomic mass is 16.5. The lowest BCUT2D eigenvalue weighted by Gasteiger charge is -2.27. The van der Waals surface area contributed by atoms with Gasteiger partial charge in [-0.3, -0.25) is 4.98 Å². The highest BCUT2D eigenvalue weighted by Gasteiger charge is 2.33. The maximum Gasteiger partial charge on any atom is 0.338 e. The van der Waals surface area contributed by atoms with E-state index in [1.54, 1.807) is 17.1 Å². The van der Waals surface area contributed by atoms with Gasteiger partial charge in [0.1, 0.15) is 12.4 Å². The molecule has 7 nitrogen and oxygen atoms in total. The molecular weight excluding hydrogens is 258 g/mol. The first-order valence-electron chi connectivity index (χ1n) is 6.08. The van der Waals surface area contributed by atoms with E-state index in [0.717, 1.165) is 5.56 Å². The molecule has 1 aliphatic heterocycles. The summed E-state index contributed by atoms with van der Waals surface area (Å²) in [5.74, 6) is 0.204. The first kappa shape index (κ1) is 12.3. The summed E-state index contributed by atoms with van der Waals surface area (Å²) >= 11 is 0. The molecule has 0 spiro atoms. The first-order valence-corrected chi connectivity index (χ1v) is 6.08. The van der Waals surface area contributed by atoms with Crippen molar-refractivity contribution in [1.29, 1.82) is 0 Å². The lowest BCUT2D eigenvalue weighted by atomic mass is 9.97. The van der Waals surface area contributed by atoms with Gasteiger partial charge in [-0.1, -0.05) is 0 Å². The molecular formula is C13H13N5O2. The smallest absolute Gasteiger partial charge is 0.338 e. The van der Waals surface area contributed by atoms with Crippen molar-refractivity contribution in [1.82, 2.24) is 19.7 Å². The summed E-state index contributed by atoms with van der Waals surface area (Å²) < 4.78 is 6.55. The Hall–Kier alpha value is -2.70. The van der Waals surface area contributed by atoms with E-state index in [9.17, 15) is 4.79 Å². The first-order chi connectivity index (χ1) is 9.72. The van der Waals surface area contributed by atoms with E-state index < -0.39 is 5.97 Å². The van der Waals surface area contributed by atoms with Gasteiger partial charge in [0.25, 0.3) is 0 Å².